The van der Waals surface area contributed by atoms with E-state index in [2.05, 4.69) is 0 Å². The molecule has 0 bridgehead atoms. The molecule has 5 heteroatoms. The summed E-state index contributed by atoms with van der Waals surface area (Å²) in [5.74, 6) is 0.106. The van der Waals surface area contributed by atoms with E-state index in [4.69, 9.17) is 0 Å². The van der Waals surface area contributed by atoms with Crippen LogP contribution in [-0.2, 0) is 30.7 Å². The van der Waals surface area contributed by atoms with E-state index in [-0.39, 0.29) is 11.5 Å². The molecule has 2 aromatic carbocycles. The highest BCUT2D eigenvalue weighted by molar-refractivity contribution is 5.79. The molecular formula is C22H23N3O2. The van der Waals surface area contributed by atoms with Crippen LogP contribution < -0.4 is 5.56 Å². The first-order valence-corrected chi connectivity index (χ1v) is 9.39. The second kappa shape index (κ2) is 7.27. The van der Waals surface area contributed by atoms with Crippen LogP contribution in [0.25, 0.3) is 5.69 Å². The van der Waals surface area contributed by atoms with Gasteiger partial charge in [-0.2, -0.15) is 0 Å². The molecule has 1 amide bonds. The van der Waals surface area contributed by atoms with E-state index in [0.29, 0.717) is 32.5 Å². The molecule has 5 nitrogen and oxygen atoms in total. The number of fused-ring (bicyclic) bond motifs is 1. The number of nitrogens with zero attached hydrogens (tertiary/aromatic N) is 3. The van der Waals surface area contributed by atoms with E-state index in [1.165, 1.54) is 0 Å². The molecule has 1 aromatic heterocycles. The van der Waals surface area contributed by atoms with Gasteiger partial charge in [0.15, 0.2) is 0 Å². The third-order valence-electron chi connectivity index (χ3n) is 5.18. The number of hydrogen-bond donors (Lipinski definition) is 0. The summed E-state index contributed by atoms with van der Waals surface area (Å²) >= 11 is 0. The molecule has 1 aliphatic rings. The number of hydrogen-bond acceptors (Lipinski definition) is 2. The zero-order valence-electron chi connectivity index (χ0n) is 15.5. The van der Waals surface area contributed by atoms with Crippen LogP contribution in [0.2, 0.25) is 0 Å². The molecule has 0 saturated carbocycles. The summed E-state index contributed by atoms with van der Waals surface area (Å²) in [5, 5.41) is 0. The Morgan fingerprint density at radius 1 is 1.00 bits per heavy atom. The van der Waals surface area contributed by atoms with E-state index < -0.39 is 0 Å². The number of rotatable bonds is 4. The lowest BCUT2D eigenvalue weighted by Gasteiger charge is -2.28. The standard InChI is InChI=1S/C22H23N3O2/c1-2-24-20-16-23(21(26)15-17-9-5-3-6-10-17)14-13-19(20)22(27)25(24)18-11-7-4-8-12-18/h3-12H,2,13-16H2,1H3. The summed E-state index contributed by atoms with van der Waals surface area (Å²) in [4.78, 5) is 27.6. The fourth-order valence-corrected chi connectivity index (χ4v) is 3.83. The van der Waals surface area contributed by atoms with Gasteiger partial charge in [0, 0.05) is 18.7 Å². The molecule has 0 radical (unpaired) electrons. The van der Waals surface area contributed by atoms with Crippen molar-refractivity contribution < 1.29 is 4.79 Å². The molecule has 0 unspecified atom stereocenters. The molecule has 0 N–H and O–H groups in total. The Morgan fingerprint density at radius 2 is 1.67 bits per heavy atom. The van der Waals surface area contributed by atoms with Crippen LogP contribution in [0, 0.1) is 0 Å². The molecule has 0 saturated heterocycles. The second-order valence-corrected chi connectivity index (χ2v) is 6.82. The Balaban J connectivity index is 1.65. The minimum atomic E-state index is 0.0354. The van der Waals surface area contributed by atoms with Crippen LogP contribution in [0.5, 0.6) is 0 Å². The SMILES string of the molecule is CCn1c2c(c(=O)n1-c1ccccc1)CCN(C(=O)Cc1ccccc1)C2. The Bertz CT molecular complexity index is 1000. The topological polar surface area (TPSA) is 47.2 Å². The molecule has 138 valence electrons. The molecule has 0 fully saturated rings. The van der Waals surface area contributed by atoms with Crippen molar-refractivity contribution >= 4 is 5.91 Å². The highest BCUT2D eigenvalue weighted by atomic mass is 16.2. The van der Waals surface area contributed by atoms with Crippen LogP contribution in [-0.4, -0.2) is 26.7 Å². The van der Waals surface area contributed by atoms with E-state index in [9.17, 15) is 9.59 Å². The van der Waals surface area contributed by atoms with Crippen molar-refractivity contribution in [2.24, 2.45) is 0 Å². The minimum Gasteiger partial charge on any atom is -0.336 e. The van der Waals surface area contributed by atoms with E-state index >= 15 is 0 Å². The lowest BCUT2D eigenvalue weighted by atomic mass is 10.1. The zero-order valence-corrected chi connectivity index (χ0v) is 15.5. The van der Waals surface area contributed by atoms with Gasteiger partial charge in [0.05, 0.1) is 24.3 Å². The average Bonchev–Trinajstić information content (AvgIpc) is 3.00. The third-order valence-corrected chi connectivity index (χ3v) is 5.18. The third kappa shape index (κ3) is 3.21. The maximum atomic E-state index is 13.0. The van der Waals surface area contributed by atoms with Crippen molar-refractivity contribution in [3.8, 4) is 5.69 Å². The van der Waals surface area contributed by atoms with Crippen LogP contribution in [0.15, 0.2) is 65.5 Å². The highest BCUT2D eigenvalue weighted by Crippen LogP contribution is 2.20. The first-order chi connectivity index (χ1) is 13.2. The first kappa shape index (κ1) is 17.3. The van der Waals surface area contributed by atoms with E-state index in [0.717, 1.165) is 22.5 Å². The predicted molar refractivity (Wildman–Crippen MR) is 105 cm³/mol. The fourth-order valence-electron chi connectivity index (χ4n) is 3.83. The molecule has 27 heavy (non-hydrogen) atoms. The van der Waals surface area contributed by atoms with Gasteiger partial charge in [-0.05, 0) is 31.0 Å². The summed E-state index contributed by atoms with van der Waals surface area (Å²) in [6, 6.07) is 19.5. The van der Waals surface area contributed by atoms with Crippen molar-refractivity contribution in [2.75, 3.05) is 6.54 Å². The molecule has 0 aliphatic carbocycles. The number of benzene rings is 2. The Hall–Kier alpha value is -3.08. The molecule has 0 atom stereocenters. The summed E-state index contributed by atoms with van der Waals surface area (Å²) in [6.45, 7) is 3.80. The average molecular weight is 361 g/mol. The second-order valence-electron chi connectivity index (χ2n) is 6.82. The summed E-state index contributed by atoms with van der Waals surface area (Å²) in [6.07, 6.45) is 1.00. The van der Waals surface area contributed by atoms with Crippen molar-refractivity contribution in [3.63, 3.8) is 0 Å². The predicted octanol–water partition coefficient (Wildman–Crippen LogP) is 2.79. The molecule has 2 heterocycles. The number of amides is 1. The summed E-state index contributed by atoms with van der Waals surface area (Å²) in [5.41, 5.74) is 3.71. The molecule has 4 rings (SSSR count). The molecule has 1 aliphatic heterocycles. The fraction of sp³-hybridized carbons (Fsp3) is 0.273. The highest BCUT2D eigenvalue weighted by Gasteiger charge is 2.28. The Labute approximate surface area is 158 Å². The zero-order chi connectivity index (χ0) is 18.8. The van der Waals surface area contributed by atoms with Gasteiger partial charge in [0.1, 0.15) is 0 Å². The van der Waals surface area contributed by atoms with Gasteiger partial charge in [0.2, 0.25) is 5.91 Å². The summed E-state index contributed by atoms with van der Waals surface area (Å²) < 4.78 is 3.75. The van der Waals surface area contributed by atoms with Crippen molar-refractivity contribution in [1.29, 1.82) is 0 Å². The van der Waals surface area contributed by atoms with Gasteiger partial charge < -0.3 is 4.90 Å². The Morgan fingerprint density at radius 3 is 2.33 bits per heavy atom. The van der Waals surface area contributed by atoms with Gasteiger partial charge in [-0.25, -0.2) is 4.68 Å². The van der Waals surface area contributed by atoms with Gasteiger partial charge in [0.25, 0.3) is 5.56 Å². The maximum Gasteiger partial charge on any atom is 0.274 e. The smallest absolute Gasteiger partial charge is 0.274 e. The van der Waals surface area contributed by atoms with Crippen LogP contribution in [0.3, 0.4) is 0 Å². The first-order valence-electron chi connectivity index (χ1n) is 9.39. The van der Waals surface area contributed by atoms with Crippen LogP contribution in [0.1, 0.15) is 23.7 Å². The normalized spacial score (nSPS) is 13.4. The number of para-hydroxylation sites is 1. The van der Waals surface area contributed by atoms with Gasteiger partial charge >= 0.3 is 0 Å². The largest absolute Gasteiger partial charge is 0.336 e. The maximum absolute atomic E-state index is 13.0. The van der Waals surface area contributed by atoms with Gasteiger partial charge in [-0.3, -0.25) is 14.3 Å². The van der Waals surface area contributed by atoms with Gasteiger partial charge in [-0.1, -0.05) is 48.5 Å². The minimum absolute atomic E-state index is 0.0354. The number of carbonyl (C=O) groups is 1. The molecular weight excluding hydrogens is 338 g/mol. The lowest BCUT2D eigenvalue weighted by molar-refractivity contribution is -0.131. The quantitative estimate of drug-likeness (QED) is 0.717. The molecule has 3 aromatic rings. The molecule has 0 spiro atoms. The van der Waals surface area contributed by atoms with Crippen molar-refractivity contribution in [1.82, 2.24) is 14.3 Å². The van der Waals surface area contributed by atoms with E-state index in [1.54, 1.807) is 4.68 Å². The van der Waals surface area contributed by atoms with E-state index in [1.807, 2.05) is 77.2 Å². The number of aromatic nitrogens is 2. The number of carbonyl (C=O) groups excluding carboxylic acids is 1. The van der Waals surface area contributed by atoms with Crippen LogP contribution in [0.4, 0.5) is 0 Å². The van der Waals surface area contributed by atoms with Gasteiger partial charge in [-0.15, -0.1) is 0 Å². The van der Waals surface area contributed by atoms with Crippen molar-refractivity contribution in [2.45, 2.75) is 32.9 Å². The monoisotopic (exact) mass is 361 g/mol. The lowest BCUT2D eigenvalue weighted by Crippen LogP contribution is -2.38. The Kier molecular flexibility index (Phi) is 4.67. The van der Waals surface area contributed by atoms with Crippen LogP contribution >= 0.6 is 0 Å². The van der Waals surface area contributed by atoms with Crippen molar-refractivity contribution in [3.05, 3.63) is 87.8 Å². The summed E-state index contributed by atoms with van der Waals surface area (Å²) in [7, 11) is 0.